The molecule has 1 aromatic carbocycles. The molecule has 0 amide bonds. The van der Waals surface area contributed by atoms with Gasteiger partial charge in [-0.3, -0.25) is 20.5 Å². The number of ether oxygens (including phenoxy) is 1. The quantitative estimate of drug-likeness (QED) is 0.278. The van der Waals surface area contributed by atoms with Crippen LogP contribution in [-0.2, 0) is 16.0 Å². The number of aryl methyl sites for hydroxylation is 1. The van der Waals surface area contributed by atoms with Gasteiger partial charge in [-0.2, -0.15) is 5.10 Å². The van der Waals surface area contributed by atoms with E-state index in [0.717, 1.165) is 22.4 Å². The second-order valence-corrected chi connectivity index (χ2v) is 8.17. The van der Waals surface area contributed by atoms with E-state index in [4.69, 9.17) is 15.6 Å². The number of rotatable bonds is 10. The third-order valence-electron chi connectivity index (χ3n) is 5.69. The van der Waals surface area contributed by atoms with Crippen molar-refractivity contribution in [1.29, 1.82) is 0 Å². The lowest BCUT2D eigenvalue weighted by Gasteiger charge is -2.21. The van der Waals surface area contributed by atoms with E-state index in [0.29, 0.717) is 36.5 Å². The van der Waals surface area contributed by atoms with Gasteiger partial charge in [-0.1, -0.05) is 18.2 Å². The Hall–Kier alpha value is -4.31. The van der Waals surface area contributed by atoms with Gasteiger partial charge < -0.3 is 20.7 Å². The molecule has 10 nitrogen and oxygen atoms in total. The minimum atomic E-state index is -0.967. The maximum atomic E-state index is 10.5. The predicted molar refractivity (Wildman–Crippen MR) is 131 cm³/mol. The second-order valence-electron chi connectivity index (χ2n) is 8.17. The Morgan fingerprint density at radius 2 is 2.03 bits per heavy atom. The normalized spacial score (nSPS) is 14.1. The van der Waals surface area contributed by atoms with Gasteiger partial charge in [-0.05, 0) is 49.6 Å². The van der Waals surface area contributed by atoms with Crippen LogP contribution in [0.4, 0.5) is 0 Å². The summed E-state index contributed by atoms with van der Waals surface area (Å²) in [4.78, 5) is 15.0. The second kappa shape index (κ2) is 10.7. The molecule has 0 spiro atoms. The molecule has 0 aliphatic carbocycles. The fraction of sp³-hybridized carbons (Fsp3) is 0.240. The highest BCUT2D eigenvalue weighted by molar-refractivity contribution is 5.86. The number of hydrogen-bond donors (Lipinski definition) is 5. The first-order valence-electron chi connectivity index (χ1n) is 11.2. The number of carboxylic acids is 1. The summed E-state index contributed by atoms with van der Waals surface area (Å²) in [7, 11) is 0. The first-order chi connectivity index (χ1) is 16.9. The number of aliphatic carboxylic acids is 1. The third-order valence-corrected chi connectivity index (χ3v) is 5.69. The molecule has 1 aliphatic heterocycles. The molecule has 3 heterocycles. The summed E-state index contributed by atoms with van der Waals surface area (Å²) in [5, 5.41) is 23.3. The number of phenols is 1. The van der Waals surface area contributed by atoms with Crippen LogP contribution >= 0.6 is 0 Å². The Morgan fingerprint density at radius 1 is 1.20 bits per heavy atom. The number of para-hydroxylation sites is 1. The molecule has 1 atom stereocenters. The highest BCUT2D eigenvalue weighted by Crippen LogP contribution is 2.29. The standard InChI is InChI=1S/C25H28N6O4/c1-16(17-8-9-19(27-12-17)5-4-10-35-15-24(33)34)31-14-18(13-28-31)21-11-22(29-30-25(21)26)20-6-2-3-7-23(20)32/h2-3,6-9,11-14,16,29-30,32H,4-5,10,15,26H2,1H3,(H,33,34). The van der Waals surface area contributed by atoms with Gasteiger partial charge in [0.05, 0.1) is 17.9 Å². The zero-order valence-electron chi connectivity index (χ0n) is 19.3. The number of carbonyl (C=O) groups is 1. The number of benzene rings is 1. The largest absolute Gasteiger partial charge is 0.507 e. The van der Waals surface area contributed by atoms with Crippen molar-refractivity contribution >= 4 is 17.2 Å². The van der Waals surface area contributed by atoms with Crippen molar-refractivity contribution < 1.29 is 19.7 Å². The number of aromatic hydroxyl groups is 1. The van der Waals surface area contributed by atoms with Gasteiger partial charge in [-0.25, -0.2) is 4.79 Å². The number of aromatic nitrogens is 3. The molecule has 10 heteroatoms. The lowest BCUT2D eigenvalue weighted by molar-refractivity contribution is -0.142. The van der Waals surface area contributed by atoms with Crippen molar-refractivity contribution in [2.24, 2.45) is 5.73 Å². The molecule has 6 N–H and O–H groups in total. The van der Waals surface area contributed by atoms with Gasteiger partial charge in [-0.15, -0.1) is 0 Å². The van der Waals surface area contributed by atoms with Crippen molar-refractivity contribution in [3.8, 4) is 5.75 Å². The number of carboxylic acid groups (broad SMARTS) is 1. The minimum absolute atomic E-state index is 0.0534. The zero-order chi connectivity index (χ0) is 24.8. The Labute approximate surface area is 202 Å². The lowest BCUT2D eigenvalue weighted by atomic mass is 10.0. The van der Waals surface area contributed by atoms with Gasteiger partial charge in [0.15, 0.2) is 0 Å². The molecule has 4 rings (SSSR count). The Morgan fingerprint density at radius 3 is 2.77 bits per heavy atom. The molecule has 0 bridgehead atoms. The van der Waals surface area contributed by atoms with Crippen LogP contribution in [0.15, 0.2) is 66.9 Å². The first kappa shape index (κ1) is 23.8. The van der Waals surface area contributed by atoms with E-state index in [-0.39, 0.29) is 18.4 Å². The predicted octanol–water partition coefficient (Wildman–Crippen LogP) is 2.40. The number of nitrogens with two attached hydrogens (primary N) is 1. The molecule has 35 heavy (non-hydrogen) atoms. The van der Waals surface area contributed by atoms with Crippen LogP contribution in [0.5, 0.6) is 5.75 Å². The van der Waals surface area contributed by atoms with Crippen LogP contribution in [0.1, 0.15) is 41.8 Å². The Kier molecular flexibility index (Phi) is 7.32. The molecule has 2 aromatic heterocycles. The number of allylic oxidation sites excluding steroid dienone is 2. The summed E-state index contributed by atoms with van der Waals surface area (Å²) >= 11 is 0. The molecule has 0 fully saturated rings. The molecule has 1 unspecified atom stereocenters. The van der Waals surface area contributed by atoms with Crippen molar-refractivity contribution in [2.75, 3.05) is 13.2 Å². The highest BCUT2D eigenvalue weighted by Gasteiger charge is 2.18. The molecule has 3 aromatic rings. The summed E-state index contributed by atoms with van der Waals surface area (Å²) in [6, 6.07) is 11.0. The maximum Gasteiger partial charge on any atom is 0.329 e. The molecule has 0 radical (unpaired) electrons. The number of phenolic OH excluding ortho intramolecular Hbond substituents is 1. The monoisotopic (exact) mass is 476 g/mol. The van der Waals surface area contributed by atoms with Gasteiger partial charge in [0.1, 0.15) is 18.2 Å². The van der Waals surface area contributed by atoms with E-state index in [1.54, 1.807) is 18.3 Å². The van der Waals surface area contributed by atoms with Gasteiger partial charge >= 0.3 is 5.97 Å². The van der Waals surface area contributed by atoms with Crippen LogP contribution in [0.25, 0.3) is 11.3 Å². The molecular weight excluding hydrogens is 448 g/mol. The first-order valence-corrected chi connectivity index (χ1v) is 11.2. The number of nitrogens with zero attached hydrogens (tertiary/aromatic N) is 3. The van der Waals surface area contributed by atoms with E-state index in [2.05, 4.69) is 20.9 Å². The van der Waals surface area contributed by atoms with Crippen molar-refractivity contribution in [1.82, 2.24) is 25.6 Å². The van der Waals surface area contributed by atoms with Crippen LogP contribution < -0.4 is 16.6 Å². The fourth-order valence-electron chi connectivity index (χ4n) is 3.73. The summed E-state index contributed by atoms with van der Waals surface area (Å²) in [6.07, 6.45) is 8.79. The van der Waals surface area contributed by atoms with E-state index in [1.165, 1.54) is 0 Å². The number of nitrogens with one attached hydrogen (secondary N) is 2. The SMILES string of the molecule is CC(c1ccc(CCCOCC(=O)O)nc1)n1cc(C2=C(N)NNC(c3ccccc3O)=C2)cn1. The maximum absolute atomic E-state index is 10.5. The zero-order valence-corrected chi connectivity index (χ0v) is 19.3. The summed E-state index contributed by atoms with van der Waals surface area (Å²) in [5.74, 6) is -0.346. The van der Waals surface area contributed by atoms with Crippen LogP contribution in [-0.4, -0.2) is 44.2 Å². The van der Waals surface area contributed by atoms with Crippen molar-refractivity contribution in [3.05, 3.63) is 89.3 Å². The van der Waals surface area contributed by atoms with Gasteiger partial charge in [0, 0.05) is 41.4 Å². The molecule has 1 aliphatic rings. The van der Waals surface area contributed by atoms with E-state index in [1.807, 2.05) is 54.3 Å². The summed E-state index contributed by atoms with van der Waals surface area (Å²) in [6.45, 7) is 2.14. The number of pyridine rings is 1. The van der Waals surface area contributed by atoms with Gasteiger partial charge in [0.25, 0.3) is 0 Å². The van der Waals surface area contributed by atoms with Crippen LogP contribution in [0, 0.1) is 0 Å². The number of hydrazine groups is 1. The average molecular weight is 477 g/mol. The molecule has 182 valence electrons. The molecular formula is C25H28N6O4. The molecule has 0 saturated carbocycles. The lowest BCUT2D eigenvalue weighted by Crippen LogP contribution is -2.36. The summed E-state index contributed by atoms with van der Waals surface area (Å²) < 4.78 is 6.91. The Balaban J connectivity index is 1.43. The fourth-order valence-corrected chi connectivity index (χ4v) is 3.73. The van der Waals surface area contributed by atoms with Crippen molar-refractivity contribution in [3.63, 3.8) is 0 Å². The smallest absolute Gasteiger partial charge is 0.329 e. The van der Waals surface area contributed by atoms with Crippen molar-refractivity contribution in [2.45, 2.75) is 25.8 Å². The summed E-state index contributed by atoms with van der Waals surface area (Å²) in [5.41, 5.74) is 17.0. The topological polar surface area (TPSA) is 148 Å². The van der Waals surface area contributed by atoms with E-state index in [9.17, 15) is 9.90 Å². The number of hydrogen-bond acceptors (Lipinski definition) is 8. The van der Waals surface area contributed by atoms with E-state index < -0.39 is 5.97 Å². The third kappa shape index (κ3) is 5.79. The highest BCUT2D eigenvalue weighted by atomic mass is 16.5. The van der Waals surface area contributed by atoms with Crippen LogP contribution in [0.2, 0.25) is 0 Å². The molecule has 0 saturated heterocycles. The minimum Gasteiger partial charge on any atom is -0.507 e. The Bertz CT molecular complexity index is 1250. The van der Waals surface area contributed by atoms with Crippen LogP contribution in [0.3, 0.4) is 0 Å². The average Bonchev–Trinajstić information content (AvgIpc) is 3.34. The van der Waals surface area contributed by atoms with Gasteiger partial charge in [0.2, 0.25) is 0 Å². The van der Waals surface area contributed by atoms with E-state index >= 15 is 0 Å².